The topological polar surface area (TPSA) is 92.8 Å². The average molecular weight is 472 g/mol. The molecule has 0 aromatic heterocycles. The summed E-state index contributed by atoms with van der Waals surface area (Å²) < 4.78 is 69.3. The van der Waals surface area contributed by atoms with Crippen LogP contribution < -0.4 is 5.32 Å². The van der Waals surface area contributed by atoms with Gasteiger partial charge < -0.3 is 10.1 Å². The summed E-state index contributed by atoms with van der Waals surface area (Å²) in [4.78, 5) is 24.2. The van der Waals surface area contributed by atoms with Gasteiger partial charge in [0.1, 0.15) is 6.61 Å². The van der Waals surface area contributed by atoms with E-state index in [4.69, 9.17) is 4.74 Å². The number of sulfonamides is 1. The first-order valence-corrected chi connectivity index (χ1v) is 11.2. The molecular weight excluding hydrogens is 449 g/mol. The molecule has 2 aromatic carbocycles. The molecule has 0 unspecified atom stereocenters. The Morgan fingerprint density at radius 1 is 1.00 bits per heavy atom. The molecule has 11 heteroatoms. The maximum Gasteiger partial charge on any atom is 0.416 e. The highest BCUT2D eigenvalue weighted by molar-refractivity contribution is 7.89. The second-order valence-corrected chi connectivity index (χ2v) is 8.52. The highest BCUT2D eigenvalue weighted by Crippen LogP contribution is 2.29. The van der Waals surface area contributed by atoms with E-state index >= 15 is 0 Å². The molecule has 7 nitrogen and oxygen atoms in total. The van der Waals surface area contributed by atoms with E-state index in [2.05, 4.69) is 5.32 Å². The molecule has 0 saturated carbocycles. The molecule has 0 radical (unpaired) electrons. The number of hydrogen-bond acceptors (Lipinski definition) is 5. The number of nitrogens with one attached hydrogen (secondary N) is 1. The molecule has 0 aliphatic carbocycles. The van der Waals surface area contributed by atoms with Crippen molar-refractivity contribution in [2.75, 3.05) is 26.2 Å². The van der Waals surface area contributed by atoms with Gasteiger partial charge in [-0.3, -0.25) is 4.79 Å². The number of amides is 1. The molecule has 0 heterocycles. The van der Waals surface area contributed by atoms with E-state index in [1.165, 1.54) is 34.6 Å². The third-order valence-corrected chi connectivity index (χ3v) is 6.57. The number of ether oxygens (including phenoxy) is 1. The second-order valence-electron chi connectivity index (χ2n) is 6.58. The molecule has 0 fully saturated rings. The van der Waals surface area contributed by atoms with E-state index < -0.39 is 33.6 Å². The van der Waals surface area contributed by atoms with Crippen LogP contribution in [0, 0.1) is 0 Å². The number of alkyl halides is 3. The number of nitrogens with zero attached hydrogens (tertiary/aromatic N) is 1. The van der Waals surface area contributed by atoms with E-state index in [-0.39, 0.29) is 29.2 Å². The summed E-state index contributed by atoms with van der Waals surface area (Å²) in [6.07, 6.45) is -4.58. The van der Waals surface area contributed by atoms with Crippen molar-refractivity contribution in [1.82, 2.24) is 9.62 Å². The van der Waals surface area contributed by atoms with E-state index in [0.29, 0.717) is 19.2 Å². The van der Waals surface area contributed by atoms with Gasteiger partial charge >= 0.3 is 12.1 Å². The van der Waals surface area contributed by atoms with Crippen molar-refractivity contribution in [2.45, 2.75) is 24.9 Å². The highest BCUT2D eigenvalue weighted by atomic mass is 32.2. The summed E-state index contributed by atoms with van der Waals surface area (Å²) in [6, 6.07) is 9.21. The largest absolute Gasteiger partial charge is 0.460 e. The molecule has 0 aliphatic heterocycles. The van der Waals surface area contributed by atoms with Gasteiger partial charge in [0.2, 0.25) is 10.0 Å². The van der Waals surface area contributed by atoms with Gasteiger partial charge in [-0.25, -0.2) is 13.2 Å². The molecule has 0 bridgehead atoms. The molecule has 0 spiro atoms. The smallest absolute Gasteiger partial charge is 0.416 e. The number of hydrogen-bond donors (Lipinski definition) is 1. The Balaban J connectivity index is 1.89. The van der Waals surface area contributed by atoms with Crippen molar-refractivity contribution in [3.63, 3.8) is 0 Å². The van der Waals surface area contributed by atoms with E-state index in [1.807, 2.05) is 0 Å². The summed E-state index contributed by atoms with van der Waals surface area (Å²) in [6.45, 7) is 3.75. The van der Waals surface area contributed by atoms with Gasteiger partial charge in [-0.2, -0.15) is 17.5 Å². The lowest BCUT2D eigenvalue weighted by Crippen LogP contribution is -2.31. The van der Waals surface area contributed by atoms with Crippen molar-refractivity contribution in [1.29, 1.82) is 0 Å². The van der Waals surface area contributed by atoms with Crippen LogP contribution in [-0.4, -0.2) is 50.8 Å². The Hall–Kier alpha value is -2.92. The zero-order valence-electron chi connectivity index (χ0n) is 17.5. The first-order valence-electron chi connectivity index (χ1n) is 9.73. The van der Waals surface area contributed by atoms with E-state index in [9.17, 15) is 31.2 Å². The number of carbonyl (C=O) groups excluding carboxylic acids is 2. The molecular formula is C21H23F3N2O5S. The van der Waals surface area contributed by atoms with Gasteiger partial charge in [-0.1, -0.05) is 19.9 Å². The molecule has 0 atom stereocenters. The van der Waals surface area contributed by atoms with Crippen molar-refractivity contribution in [2.24, 2.45) is 0 Å². The normalized spacial score (nSPS) is 11.9. The Morgan fingerprint density at radius 2 is 1.62 bits per heavy atom. The van der Waals surface area contributed by atoms with Crippen molar-refractivity contribution in [3.8, 4) is 0 Å². The van der Waals surface area contributed by atoms with Crippen molar-refractivity contribution < 1.29 is 35.9 Å². The minimum atomic E-state index is -4.58. The summed E-state index contributed by atoms with van der Waals surface area (Å²) in [5.41, 5.74) is -1.02. The van der Waals surface area contributed by atoms with Crippen LogP contribution >= 0.6 is 0 Å². The zero-order valence-corrected chi connectivity index (χ0v) is 18.3. The minimum absolute atomic E-state index is 0.0627. The fourth-order valence-electron chi connectivity index (χ4n) is 2.81. The Kier molecular flexibility index (Phi) is 8.39. The fourth-order valence-corrected chi connectivity index (χ4v) is 4.27. The lowest BCUT2D eigenvalue weighted by Gasteiger charge is -2.18. The monoisotopic (exact) mass is 472 g/mol. The van der Waals surface area contributed by atoms with E-state index in [0.717, 1.165) is 12.1 Å². The van der Waals surface area contributed by atoms with Crippen LogP contribution in [-0.2, 0) is 20.9 Å². The van der Waals surface area contributed by atoms with Crippen LogP contribution in [0.4, 0.5) is 13.2 Å². The van der Waals surface area contributed by atoms with Crippen LogP contribution in [0.25, 0.3) is 0 Å². The first-order chi connectivity index (χ1) is 15.0. The van der Waals surface area contributed by atoms with Crippen LogP contribution in [0.15, 0.2) is 53.4 Å². The SMILES string of the molecule is CCN(CC)S(=O)(=O)c1ccc(C(=O)NCCOC(=O)c2cccc(C(F)(F)F)c2)cc1. The third-order valence-electron chi connectivity index (χ3n) is 4.51. The molecule has 2 rings (SSSR count). The number of esters is 1. The molecule has 1 N–H and O–H groups in total. The zero-order chi connectivity index (χ0) is 23.9. The lowest BCUT2D eigenvalue weighted by atomic mass is 10.1. The van der Waals surface area contributed by atoms with Gasteiger partial charge in [0.15, 0.2) is 0 Å². The molecule has 174 valence electrons. The first kappa shape index (κ1) is 25.3. The van der Waals surface area contributed by atoms with Gasteiger partial charge in [0, 0.05) is 18.7 Å². The Morgan fingerprint density at radius 3 is 2.19 bits per heavy atom. The average Bonchev–Trinajstić information content (AvgIpc) is 2.76. The maximum absolute atomic E-state index is 12.7. The standard InChI is InChI=1S/C21H23F3N2O5S/c1-3-26(4-2)32(29,30)18-10-8-15(9-11-18)19(27)25-12-13-31-20(28)16-6-5-7-17(14-16)21(22,23)24/h5-11,14H,3-4,12-13H2,1-2H3,(H,25,27). The predicted octanol–water partition coefficient (Wildman–Crippen LogP) is 3.32. The Bertz CT molecular complexity index is 1050. The van der Waals surface area contributed by atoms with Gasteiger partial charge in [0.05, 0.1) is 22.6 Å². The lowest BCUT2D eigenvalue weighted by molar-refractivity contribution is -0.137. The maximum atomic E-state index is 12.7. The van der Waals surface area contributed by atoms with E-state index in [1.54, 1.807) is 13.8 Å². The summed E-state index contributed by atoms with van der Waals surface area (Å²) in [5, 5.41) is 2.49. The number of rotatable bonds is 9. The molecule has 2 aromatic rings. The number of benzene rings is 2. The van der Waals surface area contributed by atoms with Crippen LogP contribution in [0.1, 0.15) is 40.1 Å². The van der Waals surface area contributed by atoms with Crippen LogP contribution in [0.3, 0.4) is 0 Å². The highest BCUT2D eigenvalue weighted by Gasteiger charge is 2.31. The minimum Gasteiger partial charge on any atom is -0.460 e. The molecule has 0 saturated heterocycles. The predicted molar refractivity (Wildman–Crippen MR) is 111 cm³/mol. The van der Waals surface area contributed by atoms with Crippen LogP contribution in [0.2, 0.25) is 0 Å². The Labute approximate surface area is 184 Å². The number of halogens is 3. The molecule has 32 heavy (non-hydrogen) atoms. The third kappa shape index (κ3) is 6.30. The van der Waals surface area contributed by atoms with Crippen molar-refractivity contribution in [3.05, 3.63) is 65.2 Å². The summed E-state index contributed by atoms with van der Waals surface area (Å²) in [7, 11) is -3.64. The van der Waals surface area contributed by atoms with Gasteiger partial charge in [-0.15, -0.1) is 0 Å². The molecule has 0 aliphatic rings. The second kappa shape index (κ2) is 10.6. The van der Waals surface area contributed by atoms with Crippen molar-refractivity contribution >= 4 is 21.9 Å². The fraction of sp³-hybridized carbons (Fsp3) is 0.333. The summed E-state index contributed by atoms with van der Waals surface area (Å²) in [5.74, 6) is -1.47. The molecule has 1 amide bonds. The van der Waals surface area contributed by atoms with Gasteiger partial charge in [0.25, 0.3) is 5.91 Å². The summed E-state index contributed by atoms with van der Waals surface area (Å²) >= 11 is 0. The van der Waals surface area contributed by atoms with Crippen LogP contribution in [0.5, 0.6) is 0 Å². The van der Waals surface area contributed by atoms with Gasteiger partial charge in [-0.05, 0) is 42.5 Å². The number of carbonyl (C=O) groups is 2. The quantitative estimate of drug-likeness (QED) is 0.447.